The van der Waals surface area contributed by atoms with Crippen molar-refractivity contribution in [1.82, 2.24) is 0 Å². The van der Waals surface area contributed by atoms with Crippen LogP contribution in [-0.4, -0.2) is 17.6 Å². The Bertz CT molecular complexity index is 421. The lowest BCUT2D eigenvalue weighted by molar-refractivity contribution is 0.250. The molecular formula is C13H19BrN2O2. The highest BCUT2D eigenvalue weighted by Crippen LogP contribution is 2.24. The third kappa shape index (κ3) is 4.22. The summed E-state index contributed by atoms with van der Waals surface area (Å²) in [6, 6.07) is 5.42. The van der Waals surface area contributed by atoms with Crippen LogP contribution in [-0.2, 0) is 0 Å². The van der Waals surface area contributed by atoms with Crippen molar-refractivity contribution in [1.29, 1.82) is 0 Å². The monoisotopic (exact) mass is 314 g/mol. The number of nitrogens with two attached hydrogens (primary N) is 1. The maximum absolute atomic E-state index is 8.74. The molecule has 4 nitrogen and oxygen atoms in total. The maximum atomic E-state index is 8.74. The number of benzene rings is 1. The number of ether oxygens (including phenoxy) is 1. The van der Waals surface area contributed by atoms with Crippen LogP contribution in [0.2, 0.25) is 0 Å². The molecule has 0 aliphatic rings. The third-order valence-electron chi connectivity index (χ3n) is 2.63. The second-order valence-electron chi connectivity index (χ2n) is 4.33. The Balaban J connectivity index is 2.83. The van der Waals surface area contributed by atoms with E-state index in [1.165, 1.54) is 0 Å². The summed E-state index contributed by atoms with van der Waals surface area (Å²) in [5.41, 5.74) is 6.22. The predicted molar refractivity (Wildman–Crippen MR) is 76.2 cm³/mol. The Labute approximate surface area is 116 Å². The van der Waals surface area contributed by atoms with Gasteiger partial charge in [0.05, 0.1) is 12.2 Å². The minimum absolute atomic E-state index is 0.0562. The molecule has 0 amide bonds. The summed E-state index contributed by atoms with van der Waals surface area (Å²) < 4.78 is 6.65. The van der Waals surface area contributed by atoms with E-state index in [4.69, 9.17) is 15.7 Å². The molecule has 1 aromatic carbocycles. The molecule has 1 rings (SSSR count). The molecule has 0 aliphatic heterocycles. The number of amidine groups is 1. The summed E-state index contributed by atoms with van der Waals surface area (Å²) in [5, 5.41) is 11.8. The second kappa shape index (κ2) is 7.26. The maximum Gasteiger partial charge on any atom is 0.173 e. The van der Waals surface area contributed by atoms with E-state index in [1.54, 1.807) is 6.07 Å². The molecule has 0 heterocycles. The van der Waals surface area contributed by atoms with Crippen LogP contribution < -0.4 is 10.5 Å². The first-order chi connectivity index (χ1) is 8.58. The molecule has 0 fully saturated rings. The van der Waals surface area contributed by atoms with Crippen LogP contribution in [0.25, 0.3) is 0 Å². The van der Waals surface area contributed by atoms with Crippen molar-refractivity contribution in [3.05, 3.63) is 28.2 Å². The van der Waals surface area contributed by atoms with Crippen molar-refractivity contribution in [2.24, 2.45) is 16.8 Å². The lowest BCUT2D eigenvalue weighted by atomic mass is 10.1. The first-order valence-corrected chi connectivity index (χ1v) is 6.78. The first kappa shape index (κ1) is 14.8. The topological polar surface area (TPSA) is 67.8 Å². The van der Waals surface area contributed by atoms with E-state index in [1.807, 2.05) is 12.1 Å². The quantitative estimate of drug-likeness (QED) is 0.366. The average molecular weight is 315 g/mol. The molecule has 0 aliphatic carbocycles. The van der Waals surface area contributed by atoms with Gasteiger partial charge in [0.25, 0.3) is 0 Å². The SMILES string of the molecule is CCCC(C)COc1cc(Br)ccc1/C(N)=N/O. The van der Waals surface area contributed by atoms with Gasteiger partial charge in [-0.2, -0.15) is 0 Å². The standard InChI is InChI=1S/C13H19BrN2O2/c1-3-4-9(2)8-18-12-7-10(14)5-6-11(12)13(15)16-17/h5-7,9,17H,3-4,8H2,1-2H3,(H2,15,16). The van der Waals surface area contributed by atoms with Gasteiger partial charge in [-0.05, 0) is 30.5 Å². The van der Waals surface area contributed by atoms with Crippen molar-refractivity contribution < 1.29 is 9.94 Å². The number of oxime groups is 1. The van der Waals surface area contributed by atoms with Crippen molar-refractivity contribution >= 4 is 21.8 Å². The van der Waals surface area contributed by atoms with Crippen LogP contribution in [0.15, 0.2) is 27.8 Å². The van der Waals surface area contributed by atoms with E-state index in [0.29, 0.717) is 23.8 Å². The molecule has 1 unspecified atom stereocenters. The van der Waals surface area contributed by atoms with E-state index < -0.39 is 0 Å². The average Bonchev–Trinajstić information content (AvgIpc) is 2.36. The number of hydrogen-bond acceptors (Lipinski definition) is 3. The van der Waals surface area contributed by atoms with Crippen molar-refractivity contribution in [3.8, 4) is 5.75 Å². The van der Waals surface area contributed by atoms with Crippen molar-refractivity contribution in [3.63, 3.8) is 0 Å². The summed E-state index contributed by atoms with van der Waals surface area (Å²) in [7, 11) is 0. The number of halogens is 1. The number of hydrogen-bond donors (Lipinski definition) is 2. The lowest BCUT2D eigenvalue weighted by Crippen LogP contribution is -2.16. The van der Waals surface area contributed by atoms with E-state index in [2.05, 4.69) is 34.9 Å². The highest BCUT2D eigenvalue weighted by atomic mass is 79.9. The Morgan fingerprint density at radius 1 is 1.56 bits per heavy atom. The van der Waals surface area contributed by atoms with Crippen molar-refractivity contribution in [2.75, 3.05) is 6.61 Å². The van der Waals surface area contributed by atoms with E-state index in [-0.39, 0.29) is 5.84 Å². The van der Waals surface area contributed by atoms with Gasteiger partial charge >= 0.3 is 0 Å². The summed E-state index contributed by atoms with van der Waals surface area (Å²) in [6.45, 7) is 4.91. The van der Waals surface area contributed by atoms with Crippen LogP contribution in [0.4, 0.5) is 0 Å². The zero-order valence-corrected chi connectivity index (χ0v) is 12.3. The number of rotatable bonds is 6. The summed E-state index contributed by atoms with van der Waals surface area (Å²) in [6.07, 6.45) is 2.25. The fourth-order valence-corrected chi connectivity index (χ4v) is 2.03. The molecule has 0 aromatic heterocycles. The Morgan fingerprint density at radius 2 is 2.28 bits per heavy atom. The van der Waals surface area contributed by atoms with Gasteiger partial charge in [-0.25, -0.2) is 0 Å². The zero-order valence-electron chi connectivity index (χ0n) is 10.7. The Hall–Kier alpha value is -1.23. The van der Waals surface area contributed by atoms with Crippen LogP contribution in [0, 0.1) is 5.92 Å². The minimum Gasteiger partial charge on any atom is -0.493 e. The molecule has 1 atom stereocenters. The summed E-state index contributed by atoms with van der Waals surface area (Å²) in [4.78, 5) is 0. The lowest BCUT2D eigenvalue weighted by Gasteiger charge is -2.15. The van der Waals surface area contributed by atoms with Gasteiger partial charge in [0.1, 0.15) is 5.75 Å². The molecule has 0 saturated heterocycles. The summed E-state index contributed by atoms with van der Waals surface area (Å²) >= 11 is 3.38. The fourth-order valence-electron chi connectivity index (χ4n) is 1.69. The van der Waals surface area contributed by atoms with Crippen LogP contribution in [0.1, 0.15) is 32.3 Å². The molecule has 0 radical (unpaired) electrons. The van der Waals surface area contributed by atoms with Gasteiger partial charge in [0, 0.05) is 4.47 Å². The Morgan fingerprint density at radius 3 is 2.89 bits per heavy atom. The number of nitrogens with zero attached hydrogens (tertiary/aromatic N) is 1. The molecule has 1 aromatic rings. The van der Waals surface area contributed by atoms with E-state index in [0.717, 1.165) is 17.3 Å². The highest BCUT2D eigenvalue weighted by molar-refractivity contribution is 9.10. The Kier molecular flexibility index (Phi) is 5.98. The molecule has 0 spiro atoms. The third-order valence-corrected chi connectivity index (χ3v) is 3.13. The fraction of sp³-hybridized carbons (Fsp3) is 0.462. The largest absolute Gasteiger partial charge is 0.493 e. The normalized spacial score (nSPS) is 13.4. The first-order valence-electron chi connectivity index (χ1n) is 5.98. The molecule has 18 heavy (non-hydrogen) atoms. The summed E-state index contributed by atoms with van der Waals surface area (Å²) in [5.74, 6) is 1.16. The van der Waals surface area contributed by atoms with Gasteiger partial charge in [0.15, 0.2) is 5.84 Å². The van der Waals surface area contributed by atoms with E-state index >= 15 is 0 Å². The molecule has 100 valence electrons. The molecule has 3 N–H and O–H groups in total. The molecule has 5 heteroatoms. The molecule has 0 saturated carbocycles. The van der Waals surface area contributed by atoms with E-state index in [9.17, 15) is 0 Å². The van der Waals surface area contributed by atoms with Gasteiger partial charge in [-0.15, -0.1) is 0 Å². The van der Waals surface area contributed by atoms with Gasteiger partial charge in [-0.1, -0.05) is 41.4 Å². The van der Waals surface area contributed by atoms with Crippen LogP contribution >= 0.6 is 15.9 Å². The molecule has 0 bridgehead atoms. The molecular weight excluding hydrogens is 296 g/mol. The van der Waals surface area contributed by atoms with Gasteiger partial charge in [0.2, 0.25) is 0 Å². The minimum atomic E-state index is 0.0562. The predicted octanol–water partition coefficient (Wildman–Crippen LogP) is 3.36. The smallest absolute Gasteiger partial charge is 0.173 e. The highest BCUT2D eigenvalue weighted by Gasteiger charge is 2.10. The van der Waals surface area contributed by atoms with Crippen LogP contribution in [0.3, 0.4) is 0 Å². The van der Waals surface area contributed by atoms with Crippen molar-refractivity contribution in [2.45, 2.75) is 26.7 Å². The van der Waals surface area contributed by atoms with Gasteiger partial charge < -0.3 is 15.7 Å². The van der Waals surface area contributed by atoms with Gasteiger partial charge in [-0.3, -0.25) is 0 Å². The van der Waals surface area contributed by atoms with Crippen LogP contribution in [0.5, 0.6) is 5.75 Å². The second-order valence-corrected chi connectivity index (χ2v) is 5.25. The zero-order chi connectivity index (χ0) is 13.5.